The molecule has 0 unspecified atom stereocenters. The zero-order valence-corrected chi connectivity index (χ0v) is 27.4. The Labute approximate surface area is 272 Å². The van der Waals surface area contributed by atoms with E-state index in [0.717, 1.165) is 46.8 Å². The molecule has 44 heavy (non-hydrogen) atoms. The molecule has 0 aliphatic carbocycles. The first-order valence-corrected chi connectivity index (χ1v) is 17.9. The molecule has 3 aromatic carbocycles. The van der Waals surface area contributed by atoms with Crippen LogP contribution in [0.1, 0.15) is 35.8 Å². The van der Waals surface area contributed by atoms with Gasteiger partial charge in [0.15, 0.2) is 11.2 Å². The van der Waals surface area contributed by atoms with Crippen LogP contribution in [0.25, 0.3) is 11.2 Å². The smallest absolute Gasteiger partial charge is 0.245 e. The fraction of sp³-hybridized carbons (Fsp3) is 0.303. The standard InChI is InChI=1S/C33H33IN4O5S/c1-39-26-12-8-24(9-13-26)33(23-6-4-3-5-7-23,25-10-14-27(40-2)15-11-25)42-20-28-16-17-29(43-28)38-22-37-30-31(38)35-21-36-32(30)41-18-19-44-34/h3-15,21-22,28-29H,16-20H2,1-2H3/t28-,29+/m0/s1. The van der Waals surface area contributed by atoms with Crippen molar-refractivity contribution in [1.82, 2.24) is 19.5 Å². The molecule has 2 aromatic heterocycles. The zero-order valence-electron chi connectivity index (χ0n) is 24.5. The number of ether oxygens (including phenoxy) is 5. The molecule has 1 saturated heterocycles. The minimum Gasteiger partial charge on any atom is -0.497 e. The Balaban J connectivity index is 1.29. The van der Waals surface area contributed by atoms with Crippen LogP contribution in [-0.2, 0) is 15.1 Å². The Morgan fingerprint density at radius 3 is 2.16 bits per heavy atom. The third kappa shape index (κ3) is 6.23. The molecule has 0 spiro atoms. The Morgan fingerprint density at radius 1 is 0.864 bits per heavy atom. The lowest BCUT2D eigenvalue weighted by Gasteiger charge is -2.37. The maximum Gasteiger partial charge on any atom is 0.245 e. The molecule has 1 aliphatic rings. The molecular formula is C33H33IN4O5S. The van der Waals surface area contributed by atoms with Crippen molar-refractivity contribution in [1.29, 1.82) is 0 Å². The molecule has 0 N–H and O–H groups in total. The van der Waals surface area contributed by atoms with Gasteiger partial charge in [-0.3, -0.25) is 4.57 Å². The minimum absolute atomic E-state index is 0.143. The number of benzene rings is 3. The highest BCUT2D eigenvalue weighted by Crippen LogP contribution is 2.43. The van der Waals surface area contributed by atoms with E-state index >= 15 is 0 Å². The van der Waals surface area contributed by atoms with Gasteiger partial charge < -0.3 is 23.7 Å². The minimum atomic E-state index is -0.904. The molecule has 6 rings (SSSR count). The quantitative estimate of drug-likeness (QED) is 0.0725. The van der Waals surface area contributed by atoms with Gasteiger partial charge in [0.25, 0.3) is 0 Å². The highest BCUT2D eigenvalue weighted by molar-refractivity contribution is 14.2. The SMILES string of the molecule is COc1ccc(C(OC[C@@H]2CC[C@H](n3cnc4c(OCCSI)ncnc43)O2)(c2ccccc2)c2ccc(OC)cc2)cc1. The van der Waals surface area contributed by atoms with Gasteiger partial charge in [0.05, 0.1) is 39.9 Å². The van der Waals surface area contributed by atoms with Crippen LogP contribution in [0.3, 0.4) is 0 Å². The van der Waals surface area contributed by atoms with Gasteiger partial charge in [0.2, 0.25) is 5.88 Å². The summed E-state index contributed by atoms with van der Waals surface area (Å²) >= 11 is 2.25. The first kappa shape index (κ1) is 30.6. The molecular weight excluding hydrogens is 691 g/mol. The van der Waals surface area contributed by atoms with E-state index in [1.54, 1.807) is 29.5 Å². The number of nitrogens with zero attached hydrogens (tertiary/aromatic N) is 4. The summed E-state index contributed by atoms with van der Waals surface area (Å²) in [6, 6.07) is 26.4. The lowest BCUT2D eigenvalue weighted by atomic mass is 9.80. The van der Waals surface area contributed by atoms with Crippen LogP contribution in [0.5, 0.6) is 17.4 Å². The van der Waals surface area contributed by atoms with Gasteiger partial charge in [0, 0.05) is 5.75 Å². The number of hydrogen-bond acceptors (Lipinski definition) is 9. The fourth-order valence-electron chi connectivity index (χ4n) is 5.62. The van der Waals surface area contributed by atoms with Crippen molar-refractivity contribution in [3.05, 3.63) is 108 Å². The first-order valence-electron chi connectivity index (χ1n) is 14.3. The Hall–Kier alpha value is -3.39. The van der Waals surface area contributed by atoms with Crippen LogP contribution in [0.4, 0.5) is 0 Å². The molecule has 2 atom stereocenters. The summed E-state index contributed by atoms with van der Waals surface area (Å²) in [6.07, 6.45) is 4.53. The molecule has 228 valence electrons. The topological polar surface area (TPSA) is 89.8 Å². The van der Waals surface area contributed by atoms with Crippen LogP contribution < -0.4 is 14.2 Å². The number of halogens is 1. The second-order valence-corrected chi connectivity index (χ2v) is 12.8. The van der Waals surface area contributed by atoms with Crippen molar-refractivity contribution in [3.8, 4) is 17.4 Å². The van der Waals surface area contributed by atoms with Gasteiger partial charge in [0.1, 0.15) is 29.7 Å². The normalized spacial score (nSPS) is 16.7. The second-order valence-electron chi connectivity index (χ2n) is 10.3. The molecule has 1 aliphatic heterocycles. The van der Waals surface area contributed by atoms with Crippen LogP contribution in [0.2, 0.25) is 0 Å². The predicted octanol–water partition coefficient (Wildman–Crippen LogP) is 6.99. The van der Waals surface area contributed by atoms with E-state index < -0.39 is 5.60 Å². The molecule has 11 heteroatoms. The van der Waals surface area contributed by atoms with E-state index in [0.29, 0.717) is 30.3 Å². The van der Waals surface area contributed by atoms with Gasteiger partial charge in [-0.05, 0) is 75.0 Å². The summed E-state index contributed by atoms with van der Waals surface area (Å²) in [4.78, 5) is 13.4. The van der Waals surface area contributed by atoms with Crippen LogP contribution in [0.15, 0.2) is 91.5 Å². The molecule has 9 nitrogen and oxygen atoms in total. The molecule has 1 fully saturated rings. The van der Waals surface area contributed by atoms with E-state index in [-0.39, 0.29) is 12.3 Å². The molecule has 3 heterocycles. The first-order chi connectivity index (χ1) is 21.7. The van der Waals surface area contributed by atoms with Crippen molar-refractivity contribution < 1.29 is 23.7 Å². The van der Waals surface area contributed by atoms with Gasteiger partial charge >= 0.3 is 0 Å². The van der Waals surface area contributed by atoms with E-state index in [2.05, 4.69) is 72.6 Å². The van der Waals surface area contributed by atoms with Crippen LogP contribution in [-0.4, -0.2) is 58.8 Å². The molecule has 0 saturated carbocycles. The van der Waals surface area contributed by atoms with Crippen molar-refractivity contribution in [2.24, 2.45) is 0 Å². The maximum atomic E-state index is 7.07. The average molecular weight is 725 g/mol. The maximum absolute atomic E-state index is 7.07. The highest BCUT2D eigenvalue weighted by atomic mass is 127. The fourth-order valence-corrected chi connectivity index (χ4v) is 6.31. The summed E-state index contributed by atoms with van der Waals surface area (Å²) in [5.74, 6) is 2.91. The van der Waals surface area contributed by atoms with E-state index in [9.17, 15) is 0 Å². The van der Waals surface area contributed by atoms with Crippen molar-refractivity contribution in [2.75, 3.05) is 33.2 Å². The van der Waals surface area contributed by atoms with Crippen molar-refractivity contribution >= 4 is 41.3 Å². The Bertz CT molecular complexity index is 1610. The largest absolute Gasteiger partial charge is 0.497 e. The average Bonchev–Trinajstić information content (AvgIpc) is 3.74. The van der Waals surface area contributed by atoms with Crippen LogP contribution in [0, 0.1) is 0 Å². The van der Waals surface area contributed by atoms with E-state index in [4.69, 9.17) is 23.7 Å². The van der Waals surface area contributed by atoms with Gasteiger partial charge in [-0.2, -0.15) is 4.98 Å². The monoisotopic (exact) mass is 724 g/mol. The molecule has 5 aromatic rings. The Morgan fingerprint density at radius 2 is 1.52 bits per heavy atom. The van der Waals surface area contributed by atoms with E-state index in [1.165, 1.54) is 6.33 Å². The van der Waals surface area contributed by atoms with Crippen LogP contribution >= 0.6 is 30.1 Å². The highest BCUT2D eigenvalue weighted by Gasteiger charge is 2.40. The third-order valence-electron chi connectivity index (χ3n) is 7.78. The third-order valence-corrected chi connectivity index (χ3v) is 9.42. The Kier molecular flexibility index (Phi) is 9.85. The predicted molar refractivity (Wildman–Crippen MR) is 179 cm³/mol. The summed E-state index contributed by atoms with van der Waals surface area (Å²) in [5, 5.41) is 0. The zero-order chi connectivity index (χ0) is 30.4. The summed E-state index contributed by atoms with van der Waals surface area (Å²) in [7, 11) is 5.03. The lowest BCUT2D eigenvalue weighted by Crippen LogP contribution is -2.35. The van der Waals surface area contributed by atoms with Gasteiger partial charge in [-0.15, -0.1) is 0 Å². The lowest BCUT2D eigenvalue weighted by molar-refractivity contribution is -0.0756. The number of methoxy groups -OCH3 is 2. The van der Waals surface area contributed by atoms with E-state index in [1.807, 2.05) is 47.0 Å². The van der Waals surface area contributed by atoms with Gasteiger partial charge in [-0.1, -0.05) is 63.5 Å². The number of fused-ring (bicyclic) bond motifs is 1. The number of imidazole rings is 1. The number of aromatic nitrogens is 4. The summed E-state index contributed by atoms with van der Waals surface area (Å²) in [6.45, 7) is 0.922. The number of hydrogen-bond donors (Lipinski definition) is 0. The van der Waals surface area contributed by atoms with Gasteiger partial charge in [-0.25, -0.2) is 9.97 Å². The summed E-state index contributed by atoms with van der Waals surface area (Å²) in [5.41, 5.74) is 3.40. The molecule has 0 bridgehead atoms. The van der Waals surface area contributed by atoms with Crippen molar-refractivity contribution in [3.63, 3.8) is 0 Å². The number of rotatable bonds is 13. The van der Waals surface area contributed by atoms with Crippen molar-refractivity contribution in [2.45, 2.75) is 30.8 Å². The molecule has 0 radical (unpaired) electrons. The molecule has 0 amide bonds. The summed E-state index contributed by atoms with van der Waals surface area (Å²) < 4.78 is 32.4. The second kappa shape index (κ2) is 14.1.